The van der Waals surface area contributed by atoms with Crippen molar-refractivity contribution in [3.05, 3.63) is 54.4 Å². The molecule has 0 spiro atoms. The number of aromatic amines is 1. The van der Waals surface area contributed by atoms with E-state index in [0.717, 1.165) is 60.8 Å². The van der Waals surface area contributed by atoms with Gasteiger partial charge in [-0.15, -0.1) is 0 Å². The summed E-state index contributed by atoms with van der Waals surface area (Å²) in [6.45, 7) is 6.04. The van der Waals surface area contributed by atoms with Crippen molar-refractivity contribution in [2.75, 3.05) is 50.8 Å². The Kier molecular flexibility index (Phi) is 5.25. The predicted molar refractivity (Wildman–Crippen MR) is 114 cm³/mol. The van der Waals surface area contributed by atoms with Crippen LogP contribution in [0.3, 0.4) is 0 Å². The minimum Gasteiger partial charge on any atom is -0.492 e. The van der Waals surface area contributed by atoms with Crippen LogP contribution in [0.25, 0.3) is 11.0 Å². The minimum absolute atomic E-state index is 0.199. The van der Waals surface area contributed by atoms with E-state index in [0.29, 0.717) is 13.2 Å². The first kappa shape index (κ1) is 18.9. The van der Waals surface area contributed by atoms with Crippen molar-refractivity contribution in [3.8, 4) is 5.75 Å². The van der Waals surface area contributed by atoms with Crippen molar-refractivity contribution in [2.45, 2.75) is 6.04 Å². The van der Waals surface area contributed by atoms with Gasteiger partial charge in [0.05, 0.1) is 29.1 Å². The predicted octanol–water partition coefficient (Wildman–Crippen LogP) is 2.54. The number of nitrogens with one attached hydrogen (secondary N) is 2. The lowest BCUT2D eigenvalue weighted by Gasteiger charge is -2.27. The topological polar surface area (TPSA) is 82.7 Å². The number of aromatic nitrogens is 2. The molecule has 0 unspecified atom stereocenters. The number of carbonyl (C=O) groups is 1. The number of hydrogen-bond acceptors (Lipinski definition) is 6. The molecule has 3 aromatic rings. The van der Waals surface area contributed by atoms with E-state index >= 15 is 0 Å². The highest BCUT2D eigenvalue weighted by Crippen LogP contribution is 2.35. The molecule has 30 heavy (non-hydrogen) atoms. The van der Waals surface area contributed by atoms with Crippen LogP contribution < -0.4 is 15.0 Å². The van der Waals surface area contributed by atoms with Crippen molar-refractivity contribution >= 4 is 22.8 Å². The number of rotatable bonds is 6. The fourth-order valence-electron chi connectivity index (χ4n) is 4.06. The standard InChI is InChI=1S/C22H25N5O3/c28-22-27(17-4-5-19-20(13-17)25-15-24-19)21(14-30-22)16-2-1-3-18(12-16)29-11-10-26-8-6-23-7-9-26/h1-5,12-13,15,21,23H,6-11,14H2,(H,24,25)/t21-/m1/s1. The molecule has 0 aliphatic carbocycles. The van der Waals surface area contributed by atoms with Crippen molar-refractivity contribution in [1.29, 1.82) is 0 Å². The molecule has 1 aromatic heterocycles. The fraction of sp³-hybridized carbons (Fsp3) is 0.364. The van der Waals surface area contributed by atoms with Gasteiger partial charge in [0.25, 0.3) is 0 Å². The lowest BCUT2D eigenvalue weighted by molar-refractivity contribution is 0.179. The highest BCUT2D eigenvalue weighted by atomic mass is 16.6. The summed E-state index contributed by atoms with van der Waals surface area (Å²) in [6, 6.07) is 13.5. The molecule has 2 N–H and O–H groups in total. The maximum Gasteiger partial charge on any atom is 0.415 e. The second kappa shape index (κ2) is 8.33. The molecule has 2 saturated heterocycles. The number of benzene rings is 2. The van der Waals surface area contributed by atoms with Gasteiger partial charge in [0.2, 0.25) is 0 Å². The van der Waals surface area contributed by atoms with Gasteiger partial charge in [0.1, 0.15) is 19.0 Å². The zero-order valence-corrected chi connectivity index (χ0v) is 16.7. The van der Waals surface area contributed by atoms with Gasteiger partial charge in [-0.2, -0.15) is 0 Å². The van der Waals surface area contributed by atoms with Crippen molar-refractivity contribution in [1.82, 2.24) is 20.2 Å². The normalized spacial score (nSPS) is 19.9. The Hall–Kier alpha value is -3.10. The van der Waals surface area contributed by atoms with Gasteiger partial charge >= 0.3 is 6.09 Å². The third-order valence-corrected chi connectivity index (χ3v) is 5.68. The first-order valence-electron chi connectivity index (χ1n) is 10.3. The molecule has 0 radical (unpaired) electrons. The lowest BCUT2D eigenvalue weighted by Crippen LogP contribution is -2.44. The first-order chi connectivity index (χ1) is 14.8. The highest BCUT2D eigenvalue weighted by molar-refractivity contribution is 5.93. The number of cyclic esters (lactones) is 1. The van der Waals surface area contributed by atoms with Crippen LogP contribution in [0.5, 0.6) is 5.75 Å². The summed E-state index contributed by atoms with van der Waals surface area (Å²) in [5.74, 6) is 0.811. The number of nitrogens with zero attached hydrogens (tertiary/aromatic N) is 3. The van der Waals surface area contributed by atoms with Gasteiger partial charge in [0.15, 0.2) is 0 Å². The molecule has 3 heterocycles. The maximum atomic E-state index is 12.5. The van der Waals surface area contributed by atoms with Gasteiger partial charge in [-0.3, -0.25) is 9.80 Å². The molecule has 8 heteroatoms. The summed E-state index contributed by atoms with van der Waals surface area (Å²) in [6.07, 6.45) is 1.30. The van der Waals surface area contributed by atoms with Crippen LogP contribution in [0.2, 0.25) is 0 Å². The number of H-pyrrole nitrogens is 1. The number of carbonyl (C=O) groups excluding carboxylic acids is 1. The van der Waals surface area contributed by atoms with Crippen molar-refractivity contribution in [3.63, 3.8) is 0 Å². The summed E-state index contributed by atoms with van der Waals surface area (Å²) in [5.41, 5.74) is 3.52. The largest absolute Gasteiger partial charge is 0.492 e. The van der Waals surface area contributed by atoms with E-state index in [-0.39, 0.29) is 12.1 Å². The Morgan fingerprint density at radius 3 is 2.97 bits per heavy atom. The summed E-state index contributed by atoms with van der Waals surface area (Å²) >= 11 is 0. The number of piperazine rings is 1. The van der Waals surface area contributed by atoms with Crippen LogP contribution in [-0.4, -0.2) is 66.9 Å². The van der Waals surface area contributed by atoms with Crippen molar-refractivity contribution in [2.24, 2.45) is 0 Å². The van der Waals surface area contributed by atoms with Crippen LogP contribution in [-0.2, 0) is 4.74 Å². The third-order valence-electron chi connectivity index (χ3n) is 5.68. The van der Waals surface area contributed by atoms with Crippen LogP contribution in [0, 0.1) is 0 Å². The number of imidazole rings is 1. The van der Waals surface area contributed by atoms with E-state index in [1.54, 1.807) is 11.2 Å². The Morgan fingerprint density at radius 1 is 1.17 bits per heavy atom. The van der Waals surface area contributed by atoms with Crippen LogP contribution in [0.15, 0.2) is 48.8 Å². The molecule has 0 saturated carbocycles. The zero-order valence-electron chi connectivity index (χ0n) is 16.7. The highest BCUT2D eigenvalue weighted by Gasteiger charge is 2.35. The average Bonchev–Trinajstić information content (AvgIpc) is 3.40. The number of anilines is 1. The van der Waals surface area contributed by atoms with Gasteiger partial charge < -0.3 is 19.8 Å². The van der Waals surface area contributed by atoms with E-state index in [2.05, 4.69) is 20.2 Å². The number of ether oxygens (including phenoxy) is 2. The van der Waals surface area contributed by atoms with E-state index in [4.69, 9.17) is 9.47 Å². The van der Waals surface area contributed by atoms with Gasteiger partial charge in [-0.05, 0) is 35.9 Å². The molecule has 1 amide bonds. The Balaban J connectivity index is 1.31. The molecule has 0 bridgehead atoms. The van der Waals surface area contributed by atoms with Gasteiger partial charge in [-0.25, -0.2) is 9.78 Å². The fourth-order valence-corrected chi connectivity index (χ4v) is 4.06. The molecular formula is C22H25N5O3. The number of hydrogen-bond donors (Lipinski definition) is 2. The maximum absolute atomic E-state index is 12.5. The summed E-state index contributed by atoms with van der Waals surface area (Å²) in [7, 11) is 0. The minimum atomic E-state index is -0.344. The Bertz CT molecular complexity index is 1030. The molecule has 2 aliphatic rings. The molecular weight excluding hydrogens is 382 g/mol. The van der Waals surface area contributed by atoms with Gasteiger partial charge in [0, 0.05) is 32.7 Å². The molecule has 1 atom stereocenters. The molecule has 8 nitrogen and oxygen atoms in total. The number of fused-ring (bicyclic) bond motifs is 1. The quantitative estimate of drug-likeness (QED) is 0.654. The molecule has 2 fully saturated rings. The SMILES string of the molecule is O=C1OC[C@H](c2cccc(OCCN3CCNCC3)c2)N1c1ccc2nc[nH]c2c1. The third kappa shape index (κ3) is 3.83. The molecule has 5 rings (SSSR count). The second-order valence-electron chi connectivity index (χ2n) is 7.58. The first-order valence-corrected chi connectivity index (χ1v) is 10.3. The molecule has 156 valence electrons. The smallest absolute Gasteiger partial charge is 0.415 e. The monoisotopic (exact) mass is 407 g/mol. The number of amides is 1. The van der Waals surface area contributed by atoms with Crippen molar-refractivity contribution < 1.29 is 14.3 Å². The van der Waals surface area contributed by atoms with Crippen LogP contribution in [0.4, 0.5) is 10.5 Å². The molecule has 2 aliphatic heterocycles. The van der Waals surface area contributed by atoms with Crippen LogP contribution >= 0.6 is 0 Å². The average molecular weight is 407 g/mol. The van der Waals surface area contributed by atoms with E-state index < -0.39 is 0 Å². The summed E-state index contributed by atoms with van der Waals surface area (Å²) < 4.78 is 11.4. The van der Waals surface area contributed by atoms with E-state index in [1.165, 1.54) is 0 Å². The van der Waals surface area contributed by atoms with Crippen LogP contribution in [0.1, 0.15) is 11.6 Å². The Morgan fingerprint density at radius 2 is 2.07 bits per heavy atom. The molecule has 2 aromatic carbocycles. The van der Waals surface area contributed by atoms with Gasteiger partial charge in [-0.1, -0.05) is 12.1 Å². The van der Waals surface area contributed by atoms with E-state index in [9.17, 15) is 4.79 Å². The summed E-state index contributed by atoms with van der Waals surface area (Å²) in [5, 5.41) is 3.36. The Labute approximate surface area is 174 Å². The van der Waals surface area contributed by atoms with E-state index in [1.807, 2.05) is 42.5 Å². The lowest BCUT2D eigenvalue weighted by atomic mass is 10.1. The second-order valence-corrected chi connectivity index (χ2v) is 7.58. The summed E-state index contributed by atoms with van der Waals surface area (Å²) in [4.78, 5) is 23.9. The zero-order chi connectivity index (χ0) is 20.3.